The summed E-state index contributed by atoms with van der Waals surface area (Å²) in [6.45, 7) is 4.72. The summed E-state index contributed by atoms with van der Waals surface area (Å²) in [6.07, 6.45) is 1.78. The first-order valence-electron chi connectivity index (χ1n) is 4.81. The molecule has 0 aliphatic rings. The average Bonchev–Trinajstić information content (AvgIpc) is 2.72. The molecule has 0 aromatic carbocycles. The smallest absolute Gasteiger partial charge is 0.148 e. The van der Waals surface area contributed by atoms with Gasteiger partial charge in [-0.3, -0.25) is 4.98 Å². The molecule has 0 aliphatic carbocycles. The van der Waals surface area contributed by atoms with Crippen LogP contribution in [0.4, 0.5) is 5.82 Å². The van der Waals surface area contributed by atoms with E-state index in [0.29, 0.717) is 0 Å². The zero-order valence-corrected chi connectivity index (χ0v) is 9.64. The molecule has 0 aliphatic heterocycles. The summed E-state index contributed by atoms with van der Waals surface area (Å²) in [5.74, 6) is 0.876. The molecule has 0 unspecified atom stereocenters. The SMILES string of the molecule is Cc1cnc(C)c(NCc2ccsc2)n1. The van der Waals surface area contributed by atoms with Crippen molar-refractivity contribution in [1.82, 2.24) is 9.97 Å². The van der Waals surface area contributed by atoms with E-state index in [4.69, 9.17) is 0 Å². The normalized spacial score (nSPS) is 10.3. The Morgan fingerprint density at radius 2 is 2.27 bits per heavy atom. The van der Waals surface area contributed by atoms with Crippen molar-refractivity contribution in [2.45, 2.75) is 20.4 Å². The Labute approximate surface area is 93.2 Å². The van der Waals surface area contributed by atoms with Crippen LogP contribution >= 0.6 is 11.3 Å². The number of aryl methyl sites for hydroxylation is 2. The van der Waals surface area contributed by atoms with Crippen molar-refractivity contribution in [2.24, 2.45) is 0 Å². The monoisotopic (exact) mass is 219 g/mol. The zero-order chi connectivity index (χ0) is 10.7. The van der Waals surface area contributed by atoms with Gasteiger partial charge >= 0.3 is 0 Å². The maximum absolute atomic E-state index is 4.40. The van der Waals surface area contributed by atoms with Crippen molar-refractivity contribution in [3.05, 3.63) is 40.0 Å². The van der Waals surface area contributed by atoms with Gasteiger partial charge in [-0.1, -0.05) is 0 Å². The van der Waals surface area contributed by atoms with Gasteiger partial charge in [0.2, 0.25) is 0 Å². The third-order valence-electron chi connectivity index (χ3n) is 2.12. The third kappa shape index (κ3) is 2.53. The summed E-state index contributed by atoms with van der Waals surface area (Å²) in [6, 6.07) is 2.11. The highest BCUT2D eigenvalue weighted by Gasteiger charge is 2.01. The Morgan fingerprint density at radius 1 is 1.40 bits per heavy atom. The molecule has 2 heterocycles. The molecule has 2 aromatic heterocycles. The molecule has 3 nitrogen and oxygen atoms in total. The van der Waals surface area contributed by atoms with E-state index < -0.39 is 0 Å². The van der Waals surface area contributed by atoms with Crippen LogP contribution in [0.15, 0.2) is 23.0 Å². The van der Waals surface area contributed by atoms with Gasteiger partial charge in [0.25, 0.3) is 0 Å². The number of anilines is 1. The van der Waals surface area contributed by atoms with E-state index in [0.717, 1.165) is 23.8 Å². The molecule has 0 bridgehead atoms. The zero-order valence-electron chi connectivity index (χ0n) is 8.82. The van der Waals surface area contributed by atoms with E-state index >= 15 is 0 Å². The Balaban J connectivity index is 2.07. The molecule has 2 rings (SSSR count). The van der Waals surface area contributed by atoms with Crippen LogP contribution in [0.5, 0.6) is 0 Å². The van der Waals surface area contributed by atoms with E-state index in [9.17, 15) is 0 Å². The van der Waals surface area contributed by atoms with E-state index in [2.05, 4.69) is 32.1 Å². The minimum Gasteiger partial charge on any atom is -0.364 e. The molecule has 0 saturated heterocycles. The lowest BCUT2D eigenvalue weighted by atomic mass is 10.3. The second-order valence-electron chi connectivity index (χ2n) is 3.43. The highest BCUT2D eigenvalue weighted by atomic mass is 32.1. The number of hydrogen-bond acceptors (Lipinski definition) is 4. The number of aromatic nitrogens is 2. The highest BCUT2D eigenvalue weighted by molar-refractivity contribution is 7.07. The van der Waals surface area contributed by atoms with Gasteiger partial charge in [-0.2, -0.15) is 11.3 Å². The van der Waals surface area contributed by atoms with Gasteiger partial charge in [0.05, 0.1) is 11.4 Å². The molecule has 0 fully saturated rings. The summed E-state index contributed by atoms with van der Waals surface area (Å²) in [5.41, 5.74) is 3.16. The maximum atomic E-state index is 4.40. The fraction of sp³-hybridized carbons (Fsp3) is 0.273. The second kappa shape index (κ2) is 4.40. The second-order valence-corrected chi connectivity index (χ2v) is 4.21. The van der Waals surface area contributed by atoms with E-state index in [-0.39, 0.29) is 0 Å². The Kier molecular flexibility index (Phi) is 2.97. The fourth-order valence-electron chi connectivity index (χ4n) is 1.28. The molecule has 78 valence electrons. The summed E-state index contributed by atoms with van der Waals surface area (Å²) >= 11 is 1.71. The van der Waals surface area contributed by atoms with Gasteiger partial charge in [-0.25, -0.2) is 4.98 Å². The molecule has 0 atom stereocenters. The molecule has 0 amide bonds. The van der Waals surface area contributed by atoms with Gasteiger partial charge in [-0.15, -0.1) is 0 Å². The number of nitrogens with one attached hydrogen (secondary N) is 1. The Hall–Kier alpha value is -1.42. The standard InChI is InChI=1S/C11H13N3S/c1-8-5-12-9(2)11(14-8)13-6-10-3-4-15-7-10/h3-5,7H,6H2,1-2H3,(H,13,14). The van der Waals surface area contributed by atoms with Crippen LogP contribution in [0.3, 0.4) is 0 Å². The van der Waals surface area contributed by atoms with Gasteiger partial charge in [0.1, 0.15) is 5.82 Å². The molecule has 4 heteroatoms. The van der Waals surface area contributed by atoms with Crippen LogP contribution in [-0.4, -0.2) is 9.97 Å². The highest BCUT2D eigenvalue weighted by Crippen LogP contribution is 2.12. The van der Waals surface area contributed by atoms with Crippen molar-refractivity contribution in [1.29, 1.82) is 0 Å². The lowest BCUT2D eigenvalue weighted by Crippen LogP contribution is -2.04. The first-order valence-corrected chi connectivity index (χ1v) is 5.75. The van der Waals surface area contributed by atoms with Crippen LogP contribution in [0.2, 0.25) is 0 Å². The van der Waals surface area contributed by atoms with Crippen LogP contribution in [0.25, 0.3) is 0 Å². The van der Waals surface area contributed by atoms with Crippen molar-refractivity contribution in [3.8, 4) is 0 Å². The molecular weight excluding hydrogens is 206 g/mol. The average molecular weight is 219 g/mol. The Bertz CT molecular complexity index is 437. The number of thiophene rings is 1. The molecule has 15 heavy (non-hydrogen) atoms. The van der Waals surface area contributed by atoms with Gasteiger partial charge in [0.15, 0.2) is 0 Å². The maximum Gasteiger partial charge on any atom is 0.148 e. The predicted octanol–water partition coefficient (Wildman–Crippen LogP) is 2.77. The minimum absolute atomic E-state index is 0.808. The summed E-state index contributed by atoms with van der Waals surface area (Å²) in [7, 11) is 0. The number of hydrogen-bond donors (Lipinski definition) is 1. The van der Waals surface area contributed by atoms with Crippen molar-refractivity contribution >= 4 is 17.2 Å². The molecule has 0 radical (unpaired) electrons. The van der Waals surface area contributed by atoms with E-state index in [1.807, 2.05) is 13.8 Å². The largest absolute Gasteiger partial charge is 0.364 e. The van der Waals surface area contributed by atoms with Crippen LogP contribution in [0, 0.1) is 13.8 Å². The predicted molar refractivity (Wildman–Crippen MR) is 63.2 cm³/mol. The number of nitrogens with zero attached hydrogens (tertiary/aromatic N) is 2. The molecule has 1 N–H and O–H groups in total. The van der Waals surface area contributed by atoms with Crippen molar-refractivity contribution in [2.75, 3.05) is 5.32 Å². The summed E-state index contributed by atoms with van der Waals surface area (Å²) in [5, 5.41) is 7.49. The molecule has 0 spiro atoms. The third-order valence-corrected chi connectivity index (χ3v) is 2.85. The topological polar surface area (TPSA) is 37.8 Å². The van der Waals surface area contributed by atoms with Gasteiger partial charge in [0, 0.05) is 12.7 Å². The van der Waals surface area contributed by atoms with Gasteiger partial charge in [-0.05, 0) is 36.2 Å². The van der Waals surface area contributed by atoms with Crippen LogP contribution < -0.4 is 5.32 Å². The van der Waals surface area contributed by atoms with Crippen LogP contribution in [0.1, 0.15) is 17.0 Å². The van der Waals surface area contributed by atoms with E-state index in [1.54, 1.807) is 17.5 Å². The summed E-state index contributed by atoms with van der Waals surface area (Å²) in [4.78, 5) is 8.66. The molecule has 0 saturated carbocycles. The fourth-order valence-corrected chi connectivity index (χ4v) is 1.95. The molecular formula is C11H13N3S. The van der Waals surface area contributed by atoms with Crippen LogP contribution in [-0.2, 0) is 6.54 Å². The minimum atomic E-state index is 0.808. The lowest BCUT2D eigenvalue weighted by molar-refractivity contribution is 1.02. The quantitative estimate of drug-likeness (QED) is 0.862. The first-order chi connectivity index (χ1) is 7.25. The van der Waals surface area contributed by atoms with Gasteiger partial charge < -0.3 is 5.32 Å². The number of rotatable bonds is 3. The van der Waals surface area contributed by atoms with Crippen molar-refractivity contribution in [3.63, 3.8) is 0 Å². The lowest BCUT2D eigenvalue weighted by Gasteiger charge is -2.07. The molecule has 2 aromatic rings. The van der Waals surface area contributed by atoms with Crippen molar-refractivity contribution < 1.29 is 0 Å². The summed E-state index contributed by atoms with van der Waals surface area (Å²) < 4.78 is 0. The Morgan fingerprint density at radius 3 is 3.00 bits per heavy atom. The van der Waals surface area contributed by atoms with E-state index in [1.165, 1.54) is 5.56 Å². The first kappa shape index (κ1) is 10.1.